The van der Waals surface area contributed by atoms with Crippen LogP contribution in [0.1, 0.15) is 112 Å². The van der Waals surface area contributed by atoms with Crippen LogP contribution in [-0.4, -0.2) is 44.4 Å². The molecule has 1 aliphatic heterocycles. The van der Waals surface area contributed by atoms with Crippen molar-refractivity contribution in [2.24, 2.45) is 23.2 Å². The highest BCUT2D eigenvalue weighted by Gasteiger charge is 2.57. The number of hydrogen-bond donors (Lipinski definition) is 0. The van der Waals surface area contributed by atoms with Gasteiger partial charge in [-0.3, -0.25) is 19.7 Å². The Balaban J connectivity index is 0.000000268. The van der Waals surface area contributed by atoms with Crippen molar-refractivity contribution in [2.45, 2.75) is 97.8 Å². The second-order valence-electron chi connectivity index (χ2n) is 14.9. The molecule has 0 saturated heterocycles. The minimum absolute atomic E-state index is 0.130. The van der Waals surface area contributed by atoms with Crippen LogP contribution >= 0.6 is 0 Å². The molecule has 4 unspecified atom stereocenters. The average molecular weight is 714 g/mol. The molecule has 52 heavy (non-hydrogen) atoms. The molecule has 2 fully saturated rings. The quantitative estimate of drug-likeness (QED) is 0.143. The summed E-state index contributed by atoms with van der Waals surface area (Å²) in [5.41, 5.74) is 5.62. The summed E-state index contributed by atoms with van der Waals surface area (Å²) in [7, 11) is 4.92. The molecule has 1 heterocycles. The molecule has 0 aromatic heterocycles. The van der Waals surface area contributed by atoms with Crippen molar-refractivity contribution in [3.8, 4) is 23.0 Å². The first-order valence-electron chi connectivity index (χ1n) is 18.8. The number of carbonyl (C=O) groups is 2. The van der Waals surface area contributed by atoms with Gasteiger partial charge in [0.05, 0.1) is 32.9 Å². The van der Waals surface area contributed by atoms with Crippen LogP contribution in [0.4, 0.5) is 5.69 Å². The number of nitro groups is 1. The number of carbonyl (C=O) groups excluding carboxylic acids is 2. The molecule has 3 aliphatic carbocycles. The Labute approximate surface area is 308 Å². The van der Waals surface area contributed by atoms with Gasteiger partial charge in [0.1, 0.15) is 17.3 Å². The standard InChI is InChI=1S/C31H40O5.C7H7NO2.C5H8O/c1-7-9-27(32)31(3)23(8-2)28(18-10-11-18)21-14-19-12-13-36-24(19)17-22(21)29(31)20-15-25(33-4)30(35-6)26(16-20)34-5;1-6-2-4-7(5-3-6)8(9)10;1-4(6)5-2-3-5/h14-18,23,28-29H,7-13H2,1-6H3;2-5H,1H3;5H,2-3H2,1H3. The minimum atomic E-state index is -0.553. The van der Waals surface area contributed by atoms with E-state index in [1.54, 1.807) is 40.4 Å². The van der Waals surface area contributed by atoms with Crippen molar-refractivity contribution >= 4 is 17.3 Å². The predicted octanol–water partition coefficient (Wildman–Crippen LogP) is 9.58. The van der Waals surface area contributed by atoms with Crippen LogP contribution in [0.3, 0.4) is 0 Å². The van der Waals surface area contributed by atoms with Crippen molar-refractivity contribution in [2.75, 3.05) is 27.9 Å². The summed E-state index contributed by atoms with van der Waals surface area (Å²) in [5.74, 6) is 5.16. The molecular weight excluding hydrogens is 658 g/mol. The van der Waals surface area contributed by atoms with Crippen molar-refractivity contribution in [1.82, 2.24) is 0 Å². The van der Waals surface area contributed by atoms with E-state index >= 15 is 0 Å². The van der Waals surface area contributed by atoms with Crippen molar-refractivity contribution in [3.63, 3.8) is 0 Å². The number of aryl methyl sites for hydroxylation is 1. The Morgan fingerprint density at radius 2 is 1.56 bits per heavy atom. The monoisotopic (exact) mass is 713 g/mol. The Kier molecular flexibility index (Phi) is 12.3. The molecule has 0 N–H and O–H groups in total. The lowest BCUT2D eigenvalue weighted by Gasteiger charge is -2.52. The third-order valence-electron chi connectivity index (χ3n) is 11.4. The van der Waals surface area contributed by atoms with Crippen LogP contribution in [0.2, 0.25) is 0 Å². The molecule has 9 nitrogen and oxygen atoms in total. The zero-order chi connectivity index (χ0) is 37.7. The maximum Gasteiger partial charge on any atom is 0.269 e. The zero-order valence-corrected chi connectivity index (χ0v) is 32.1. The van der Waals surface area contributed by atoms with Gasteiger partial charge in [-0.2, -0.15) is 0 Å². The number of benzene rings is 3. The number of methoxy groups -OCH3 is 3. The third-order valence-corrected chi connectivity index (χ3v) is 11.4. The van der Waals surface area contributed by atoms with Crippen LogP contribution in [0.5, 0.6) is 23.0 Å². The smallest absolute Gasteiger partial charge is 0.269 e. The lowest BCUT2D eigenvalue weighted by atomic mass is 9.50. The summed E-state index contributed by atoms with van der Waals surface area (Å²) >= 11 is 0. The fourth-order valence-electron chi connectivity index (χ4n) is 8.46. The van der Waals surface area contributed by atoms with Gasteiger partial charge in [0.2, 0.25) is 5.75 Å². The molecule has 3 aromatic rings. The fourth-order valence-corrected chi connectivity index (χ4v) is 8.46. The second-order valence-corrected chi connectivity index (χ2v) is 14.9. The number of nitro benzene ring substituents is 1. The normalized spacial score (nSPS) is 22.6. The van der Waals surface area contributed by atoms with E-state index in [2.05, 4.69) is 32.9 Å². The SMILES string of the molecule is CC(=O)C1CC1.CCCC(=O)C1(C)C(c2cc(OC)c(OC)c(OC)c2)c2cc3c(cc2C(C2CC2)C1CC)CCO3.Cc1ccc([N+](=O)[O-])cc1. The van der Waals surface area contributed by atoms with Gasteiger partial charge in [0.15, 0.2) is 11.5 Å². The number of hydrogen-bond acceptors (Lipinski definition) is 8. The van der Waals surface area contributed by atoms with Gasteiger partial charge in [-0.25, -0.2) is 0 Å². The highest BCUT2D eigenvalue weighted by Crippen LogP contribution is 2.64. The van der Waals surface area contributed by atoms with E-state index < -0.39 is 10.3 Å². The van der Waals surface area contributed by atoms with E-state index in [-0.39, 0.29) is 17.5 Å². The van der Waals surface area contributed by atoms with Crippen LogP contribution in [0.15, 0.2) is 48.5 Å². The van der Waals surface area contributed by atoms with E-state index in [0.717, 1.165) is 55.6 Å². The first kappa shape index (κ1) is 38.8. The van der Waals surface area contributed by atoms with Gasteiger partial charge < -0.3 is 18.9 Å². The van der Waals surface area contributed by atoms with E-state index in [4.69, 9.17) is 18.9 Å². The summed E-state index contributed by atoms with van der Waals surface area (Å²) in [5, 5.41) is 10.1. The first-order valence-corrected chi connectivity index (χ1v) is 18.8. The molecular formula is C43H55NO8. The van der Waals surface area contributed by atoms with Gasteiger partial charge in [-0.1, -0.05) is 51.0 Å². The number of Topliss-reactive ketones (excluding diaryl/α,β-unsaturated/α-hetero) is 2. The molecule has 4 atom stereocenters. The highest BCUT2D eigenvalue weighted by molar-refractivity contribution is 5.88. The van der Waals surface area contributed by atoms with Crippen LogP contribution in [-0.2, 0) is 16.0 Å². The van der Waals surface area contributed by atoms with Gasteiger partial charge in [-0.15, -0.1) is 0 Å². The van der Waals surface area contributed by atoms with Gasteiger partial charge in [0, 0.05) is 42.2 Å². The van der Waals surface area contributed by atoms with Crippen LogP contribution in [0, 0.1) is 40.2 Å². The highest BCUT2D eigenvalue weighted by atomic mass is 16.6. The van der Waals surface area contributed by atoms with Crippen LogP contribution in [0.25, 0.3) is 0 Å². The molecule has 3 aromatic carbocycles. The molecule has 0 bridgehead atoms. The number of ketones is 2. The lowest BCUT2D eigenvalue weighted by Crippen LogP contribution is -2.48. The van der Waals surface area contributed by atoms with E-state index in [9.17, 15) is 19.7 Å². The predicted molar refractivity (Wildman–Crippen MR) is 202 cm³/mol. The van der Waals surface area contributed by atoms with Crippen molar-refractivity contribution < 1.29 is 33.5 Å². The Hall–Kier alpha value is -4.40. The van der Waals surface area contributed by atoms with E-state index in [0.29, 0.717) is 53.0 Å². The maximum atomic E-state index is 14.2. The Morgan fingerprint density at radius 1 is 0.923 bits per heavy atom. The molecule has 0 spiro atoms. The maximum absolute atomic E-state index is 14.2. The largest absolute Gasteiger partial charge is 0.493 e. The third kappa shape index (κ3) is 7.98. The molecule has 280 valence electrons. The van der Waals surface area contributed by atoms with E-state index in [1.165, 1.54) is 41.7 Å². The summed E-state index contributed by atoms with van der Waals surface area (Å²) in [6.07, 6.45) is 8.16. The van der Waals surface area contributed by atoms with Gasteiger partial charge >= 0.3 is 0 Å². The number of nitrogens with zero attached hydrogens (tertiary/aromatic N) is 1. The fraction of sp³-hybridized carbons (Fsp3) is 0.535. The van der Waals surface area contributed by atoms with Crippen molar-refractivity contribution in [3.05, 3.63) is 86.5 Å². The first-order chi connectivity index (χ1) is 24.9. The topological polar surface area (TPSA) is 114 Å². The molecule has 4 aliphatic rings. The van der Waals surface area contributed by atoms with Gasteiger partial charge in [-0.05, 0) is 104 Å². The number of rotatable bonds is 11. The van der Waals surface area contributed by atoms with E-state index in [1.807, 2.05) is 19.1 Å². The zero-order valence-electron chi connectivity index (χ0n) is 32.1. The molecule has 9 heteroatoms. The van der Waals surface area contributed by atoms with Crippen molar-refractivity contribution in [1.29, 1.82) is 0 Å². The number of fused-ring (bicyclic) bond motifs is 2. The summed E-state index contributed by atoms with van der Waals surface area (Å²) in [6, 6.07) is 15.2. The lowest BCUT2D eigenvalue weighted by molar-refractivity contribution is -0.384. The second kappa shape index (κ2) is 16.5. The number of non-ortho nitro benzene ring substituents is 1. The molecule has 0 amide bonds. The van der Waals surface area contributed by atoms with Crippen LogP contribution < -0.4 is 18.9 Å². The average Bonchev–Trinajstić information content (AvgIpc) is 4.08. The molecule has 7 rings (SSSR count). The summed E-state index contributed by atoms with van der Waals surface area (Å²) < 4.78 is 23.2. The summed E-state index contributed by atoms with van der Waals surface area (Å²) in [6.45, 7) is 10.9. The molecule has 2 saturated carbocycles. The summed E-state index contributed by atoms with van der Waals surface area (Å²) in [4.78, 5) is 34.1. The minimum Gasteiger partial charge on any atom is -0.493 e. The molecule has 0 radical (unpaired) electrons. The number of ether oxygens (including phenoxy) is 4. The Morgan fingerprint density at radius 3 is 2.02 bits per heavy atom. The van der Waals surface area contributed by atoms with Gasteiger partial charge in [0.25, 0.3) is 5.69 Å². The Bertz CT molecular complexity index is 1730.